The Morgan fingerprint density at radius 3 is 2.00 bits per heavy atom. The molecule has 4 atom stereocenters. The Balaban J connectivity index is 1.94. The highest BCUT2D eigenvalue weighted by Crippen LogP contribution is 2.68. The zero-order valence-electron chi connectivity index (χ0n) is 17.7. The fraction of sp³-hybridized carbons (Fsp3) is 0.480. The summed E-state index contributed by atoms with van der Waals surface area (Å²) in [6.45, 7) is 6.09. The van der Waals surface area contributed by atoms with Crippen LogP contribution in [-0.4, -0.2) is 41.9 Å². The van der Waals surface area contributed by atoms with Crippen LogP contribution in [0, 0.1) is 17.8 Å². The Labute approximate surface area is 172 Å². The Morgan fingerprint density at radius 2 is 1.52 bits per heavy atom. The van der Waals surface area contributed by atoms with Crippen LogP contribution < -0.4 is 0 Å². The first-order valence-corrected chi connectivity index (χ1v) is 10.5. The van der Waals surface area contributed by atoms with E-state index in [-0.39, 0.29) is 35.7 Å². The van der Waals surface area contributed by atoms with Crippen molar-refractivity contribution in [1.82, 2.24) is 4.90 Å². The van der Waals surface area contributed by atoms with Crippen LogP contribution >= 0.6 is 0 Å². The van der Waals surface area contributed by atoms with Crippen molar-refractivity contribution < 1.29 is 14.6 Å². The lowest BCUT2D eigenvalue weighted by Crippen LogP contribution is -2.61. The number of hydrogen-bond acceptors (Lipinski definition) is 3. The Hall–Kier alpha value is -2.17. The number of carbonyl (C=O) groups is 1. The Kier molecular flexibility index (Phi) is 3.85. The summed E-state index contributed by atoms with van der Waals surface area (Å²) in [4.78, 5) is 15.4. The van der Waals surface area contributed by atoms with Crippen molar-refractivity contribution in [2.24, 2.45) is 17.8 Å². The molecule has 4 aliphatic rings. The molecule has 1 amide bonds. The van der Waals surface area contributed by atoms with Crippen molar-refractivity contribution in [1.29, 1.82) is 0 Å². The molecule has 6 rings (SSSR count). The maximum absolute atomic E-state index is 13.8. The molecule has 1 N–H and O–H groups in total. The fourth-order valence-corrected chi connectivity index (χ4v) is 6.90. The molecule has 152 valence electrons. The maximum Gasteiger partial charge on any atom is 0.229 e. The third kappa shape index (κ3) is 1.90. The van der Waals surface area contributed by atoms with Gasteiger partial charge in [0.25, 0.3) is 0 Å². The predicted octanol–water partition coefficient (Wildman–Crippen LogP) is 3.52. The predicted molar refractivity (Wildman–Crippen MR) is 112 cm³/mol. The molecule has 0 spiro atoms. The highest BCUT2D eigenvalue weighted by Gasteiger charge is 2.73. The number of carbonyl (C=O) groups excluding carboxylic acids is 1. The van der Waals surface area contributed by atoms with Gasteiger partial charge in [0.05, 0.1) is 17.4 Å². The number of ether oxygens (including phenoxy) is 1. The number of amides is 1. The van der Waals surface area contributed by atoms with E-state index in [4.69, 9.17) is 4.74 Å². The Bertz CT molecular complexity index is 952. The van der Waals surface area contributed by atoms with Crippen LogP contribution in [0.15, 0.2) is 48.5 Å². The summed E-state index contributed by atoms with van der Waals surface area (Å²) in [6, 6.07) is 16.9. The maximum atomic E-state index is 13.8. The van der Waals surface area contributed by atoms with Crippen molar-refractivity contribution in [2.45, 2.75) is 43.9 Å². The summed E-state index contributed by atoms with van der Waals surface area (Å²) in [5.74, 6) is -0.657. The van der Waals surface area contributed by atoms with E-state index in [1.165, 1.54) is 22.3 Å². The molecule has 1 aliphatic heterocycles. The van der Waals surface area contributed by atoms with Gasteiger partial charge in [0.2, 0.25) is 5.91 Å². The van der Waals surface area contributed by atoms with Crippen LogP contribution in [0.2, 0.25) is 0 Å². The second kappa shape index (κ2) is 5.93. The van der Waals surface area contributed by atoms with Gasteiger partial charge in [-0.2, -0.15) is 0 Å². The van der Waals surface area contributed by atoms with Gasteiger partial charge in [0, 0.05) is 31.9 Å². The number of benzene rings is 2. The summed E-state index contributed by atoms with van der Waals surface area (Å²) in [7, 11) is 3.48. The van der Waals surface area contributed by atoms with E-state index in [2.05, 4.69) is 55.5 Å². The minimum atomic E-state index is -1.20. The molecule has 0 radical (unpaired) electrons. The van der Waals surface area contributed by atoms with Crippen LogP contribution in [0.4, 0.5) is 0 Å². The van der Waals surface area contributed by atoms with Crippen LogP contribution in [0.25, 0.3) is 0 Å². The normalized spacial score (nSPS) is 35.5. The molecular formula is C25H29NO3. The van der Waals surface area contributed by atoms with Gasteiger partial charge >= 0.3 is 0 Å². The van der Waals surface area contributed by atoms with Gasteiger partial charge in [-0.3, -0.25) is 4.79 Å². The van der Waals surface area contributed by atoms with Crippen LogP contribution in [-0.2, 0) is 14.9 Å². The number of hydrogen-bond donors (Lipinski definition) is 1. The number of aliphatic hydroxyl groups is 1. The largest absolute Gasteiger partial charge is 0.380 e. The second-order valence-electron chi connectivity index (χ2n) is 9.24. The zero-order valence-corrected chi connectivity index (χ0v) is 17.7. The lowest BCUT2D eigenvalue weighted by molar-refractivity contribution is -0.160. The minimum Gasteiger partial charge on any atom is -0.380 e. The highest BCUT2D eigenvalue weighted by atomic mass is 16.5. The molecule has 2 bridgehead atoms. The fourth-order valence-electron chi connectivity index (χ4n) is 6.90. The van der Waals surface area contributed by atoms with E-state index in [1.807, 2.05) is 13.8 Å². The van der Waals surface area contributed by atoms with Gasteiger partial charge in [-0.05, 0) is 29.2 Å². The van der Waals surface area contributed by atoms with Gasteiger partial charge in [-0.1, -0.05) is 62.4 Å². The van der Waals surface area contributed by atoms with Crippen LogP contribution in [0.3, 0.4) is 0 Å². The van der Waals surface area contributed by atoms with E-state index >= 15 is 0 Å². The van der Waals surface area contributed by atoms with Gasteiger partial charge in [0.1, 0.15) is 5.72 Å². The molecular weight excluding hydrogens is 362 g/mol. The number of methoxy groups -OCH3 is 1. The molecule has 4 nitrogen and oxygen atoms in total. The summed E-state index contributed by atoms with van der Waals surface area (Å²) in [5.41, 5.74) is 2.97. The average Bonchev–Trinajstić information content (AvgIpc) is 2.96. The lowest BCUT2D eigenvalue weighted by Gasteiger charge is -2.58. The van der Waals surface area contributed by atoms with E-state index < -0.39 is 11.1 Å². The monoisotopic (exact) mass is 391 g/mol. The van der Waals surface area contributed by atoms with Gasteiger partial charge in [-0.25, -0.2) is 0 Å². The number of nitrogens with zero attached hydrogens (tertiary/aromatic N) is 1. The second-order valence-corrected chi connectivity index (χ2v) is 9.24. The summed E-state index contributed by atoms with van der Waals surface area (Å²) >= 11 is 0. The molecule has 4 heteroatoms. The van der Waals surface area contributed by atoms with E-state index in [0.29, 0.717) is 0 Å². The molecule has 2 aromatic carbocycles. The van der Waals surface area contributed by atoms with Crippen LogP contribution in [0.5, 0.6) is 0 Å². The topological polar surface area (TPSA) is 49.8 Å². The van der Waals surface area contributed by atoms with Crippen molar-refractivity contribution in [3.05, 3.63) is 70.8 Å². The zero-order chi connectivity index (χ0) is 20.7. The van der Waals surface area contributed by atoms with Crippen molar-refractivity contribution in [3.8, 4) is 0 Å². The lowest BCUT2D eigenvalue weighted by atomic mass is 9.44. The first-order chi connectivity index (χ1) is 13.8. The molecule has 1 fully saturated rings. The third-order valence-electron chi connectivity index (χ3n) is 8.16. The van der Waals surface area contributed by atoms with Crippen molar-refractivity contribution >= 4 is 5.91 Å². The summed E-state index contributed by atoms with van der Waals surface area (Å²) in [5, 5.41) is 12.0. The summed E-state index contributed by atoms with van der Waals surface area (Å²) < 4.78 is 5.99. The molecule has 1 saturated heterocycles. The van der Waals surface area contributed by atoms with Crippen molar-refractivity contribution in [2.75, 3.05) is 14.2 Å². The minimum absolute atomic E-state index is 0.0142. The molecule has 0 unspecified atom stereocenters. The van der Waals surface area contributed by atoms with Crippen LogP contribution in [0.1, 0.15) is 48.9 Å². The van der Waals surface area contributed by atoms with E-state index in [1.54, 1.807) is 19.1 Å². The molecule has 2 aromatic rings. The molecule has 0 aromatic heterocycles. The average molecular weight is 392 g/mol. The highest BCUT2D eigenvalue weighted by molar-refractivity contribution is 5.88. The van der Waals surface area contributed by atoms with Gasteiger partial charge in [0.15, 0.2) is 0 Å². The first kappa shape index (κ1) is 18.8. The quantitative estimate of drug-likeness (QED) is 0.871. The molecule has 3 aliphatic carbocycles. The smallest absolute Gasteiger partial charge is 0.229 e. The standard InChI is InChI=1S/C25H29NO3/c1-14(2)25(28)21-20-16-10-6-8-12-18(16)24(15(3)29-5,22(21)23(27)26(25)4)19-13-9-7-11-17(19)20/h6-15,20-22,28H,1-5H3/t15-,20?,21-,22+,24?,25-/m0/s1. The SMILES string of the molecule is CO[C@@H](C)C12c3ccccc3C(c3ccccc31)[C@H]1[C@@H]2C(=O)N(C)[C@]1(O)C(C)C. The first-order valence-electron chi connectivity index (χ1n) is 10.5. The number of rotatable bonds is 3. The third-order valence-corrected chi connectivity index (χ3v) is 8.16. The van der Waals surface area contributed by atoms with Gasteiger partial charge in [-0.15, -0.1) is 0 Å². The van der Waals surface area contributed by atoms with Gasteiger partial charge < -0.3 is 14.7 Å². The molecule has 1 heterocycles. The Morgan fingerprint density at radius 1 is 1.00 bits per heavy atom. The molecule has 29 heavy (non-hydrogen) atoms. The molecule has 0 saturated carbocycles. The van der Waals surface area contributed by atoms with E-state index in [9.17, 15) is 9.90 Å². The number of likely N-dealkylation sites (tertiary alicyclic amines) is 1. The van der Waals surface area contributed by atoms with Crippen molar-refractivity contribution in [3.63, 3.8) is 0 Å². The summed E-state index contributed by atoms with van der Waals surface area (Å²) in [6.07, 6.45) is -0.217. The van der Waals surface area contributed by atoms with E-state index in [0.717, 1.165) is 0 Å².